The van der Waals surface area contributed by atoms with Crippen LogP contribution in [0.15, 0.2) is 16.7 Å². The fourth-order valence-corrected chi connectivity index (χ4v) is 1.83. The van der Waals surface area contributed by atoms with Gasteiger partial charge in [0.15, 0.2) is 17.3 Å². The van der Waals surface area contributed by atoms with E-state index in [0.717, 1.165) is 0 Å². The van der Waals surface area contributed by atoms with Crippen LogP contribution in [0.1, 0.15) is 0 Å². The average Bonchev–Trinajstić information content (AvgIpc) is 2.74. The third kappa shape index (κ3) is 2.27. The molecule has 0 atom stereocenters. The van der Waals surface area contributed by atoms with E-state index in [1.807, 2.05) is 0 Å². The molecule has 2 rings (SSSR count). The molecular weight excluding hydrogens is 264 g/mol. The first-order valence-electron chi connectivity index (χ1n) is 4.63. The number of methoxy groups -OCH3 is 2. The minimum atomic E-state index is 0.130. The van der Waals surface area contributed by atoms with Crippen LogP contribution in [0.3, 0.4) is 0 Å². The van der Waals surface area contributed by atoms with Gasteiger partial charge in [0, 0.05) is 5.56 Å². The van der Waals surface area contributed by atoms with E-state index in [1.54, 1.807) is 12.1 Å². The van der Waals surface area contributed by atoms with Crippen molar-refractivity contribution in [2.24, 2.45) is 0 Å². The third-order valence-corrected chi connectivity index (χ3v) is 2.60. The van der Waals surface area contributed by atoms with E-state index >= 15 is 0 Å². The minimum Gasteiger partial charge on any atom is -0.493 e. The lowest BCUT2D eigenvalue weighted by Gasteiger charge is -2.10. The van der Waals surface area contributed by atoms with E-state index < -0.39 is 0 Å². The summed E-state index contributed by atoms with van der Waals surface area (Å²) in [6.07, 6.45) is 0. The zero-order valence-corrected chi connectivity index (χ0v) is 10.7. The highest BCUT2D eigenvalue weighted by Gasteiger charge is 2.13. The largest absolute Gasteiger partial charge is 0.493 e. The van der Waals surface area contributed by atoms with Gasteiger partial charge in [-0.2, -0.15) is 4.98 Å². The lowest BCUT2D eigenvalue weighted by Crippen LogP contribution is -1.92. The molecule has 0 bridgehead atoms. The number of aromatic amines is 1. The highest BCUT2D eigenvalue weighted by molar-refractivity contribution is 7.71. The number of hydrogen-bond donors (Lipinski definition) is 1. The number of benzene rings is 1. The maximum Gasteiger partial charge on any atom is 0.314 e. The standard InChI is InChI=1S/C10H9ClN2O3S/c1-14-7-4-5(3-6(11)8(7)15-2)9-12-10(17)16-13-9/h3-4H,1-2H3,(H,12,13,17). The number of ether oxygens (including phenoxy) is 2. The van der Waals surface area contributed by atoms with Gasteiger partial charge in [0.05, 0.1) is 19.2 Å². The number of hydrogen-bond acceptors (Lipinski definition) is 5. The molecule has 17 heavy (non-hydrogen) atoms. The summed E-state index contributed by atoms with van der Waals surface area (Å²) >= 11 is 10.8. The highest BCUT2D eigenvalue weighted by Crippen LogP contribution is 2.38. The molecule has 2 aromatic rings. The lowest BCUT2D eigenvalue weighted by atomic mass is 10.2. The lowest BCUT2D eigenvalue weighted by molar-refractivity contribution is 0.355. The first kappa shape index (κ1) is 11.9. The van der Waals surface area contributed by atoms with E-state index in [0.29, 0.717) is 27.9 Å². The Kier molecular flexibility index (Phi) is 3.35. The summed E-state index contributed by atoms with van der Waals surface area (Å²) in [7, 11) is 3.05. The fraction of sp³-hybridized carbons (Fsp3) is 0.200. The summed E-state index contributed by atoms with van der Waals surface area (Å²) in [5.41, 5.74) is 0.701. The third-order valence-electron chi connectivity index (χ3n) is 2.15. The molecule has 0 aliphatic rings. The Morgan fingerprint density at radius 3 is 2.65 bits per heavy atom. The number of nitrogens with one attached hydrogen (secondary N) is 1. The maximum atomic E-state index is 6.07. The van der Waals surface area contributed by atoms with E-state index in [9.17, 15) is 0 Å². The molecule has 0 spiro atoms. The Bertz CT molecular complexity index is 593. The van der Waals surface area contributed by atoms with E-state index in [-0.39, 0.29) is 4.84 Å². The van der Waals surface area contributed by atoms with Crippen LogP contribution < -0.4 is 9.47 Å². The van der Waals surface area contributed by atoms with Crippen LogP contribution >= 0.6 is 23.8 Å². The minimum absolute atomic E-state index is 0.130. The summed E-state index contributed by atoms with van der Waals surface area (Å²) in [5, 5.41) is 3.01. The molecule has 7 heteroatoms. The Balaban J connectivity index is 2.57. The van der Waals surface area contributed by atoms with Crippen LogP contribution in [0.5, 0.6) is 11.5 Å². The molecular formula is C10H9ClN2O3S. The smallest absolute Gasteiger partial charge is 0.314 e. The Morgan fingerprint density at radius 2 is 2.12 bits per heavy atom. The number of halogens is 1. The number of H-pyrrole nitrogens is 1. The topological polar surface area (TPSA) is 60.3 Å². The fourth-order valence-electron chi connectivity index (χ4n) is 1.41. The van der Waals surface area contributed by atoms with Crippen LogP contribution in [0.25, 0.3) is 11.4 Å². The molecule has 1 N–H and O–H groups in total. The van der Waals surface area contributed by atoms with E-state index in [4.69, 9.17) is 37.8 Å². The van der Waals surface area contributed by atoms with E-state index in [2.05, 4.69) is 10.1 Å². The van der Waals surface area contributed by atoms with Crippen molar-refractivity contribution in [2.75, 3.05) is 14.2 Å². The van der Waals surface area contributed by atoms with Gasteiger partial charge in [0.1, 0.15) is 0 Å². The normalized spacial score (nSPS) is 10.3. The molecule has 0 unspecified atom stereocenters. The van der Waals surface area contributed by atoms with Gasteiger partial charge in [0.25, 0.3) is 0 Å². The maximum absolute atomic E-state index is 6.07. The molecule has 5 nitrogen and oxygen atoms in total. The van der Waals surface area contributed by atoms with Crippen LogP contribution in [-0.2, 0) is 0 Å². The molecule has 90 valence electrons. The zero-order valence-electron chi connectivity index (χ0n) is 9.11. The van der Waals surface area contributed by atoms with Crippen molar-refractivity contribution in [3.05, 3.63) is 22.0 Å². The molecule has 0 amide bonds. The Morgan fingerprint density at radius 1 is 1.35 bits per heavy atom. The first-order chi connectivity index (χ1) is 8.15. The van der Waals surface area contributed by atoms with Crippen LogP contribution in [0.2, 0.25) is 5.02 Å². The highest BCUT2D eigenvalue weighted by atomic mass is 35.5. The van der Waals surface area contributed by atoms with Gasteiger partial charge < -0.3 is 14.0 Å². The monoisotopic (exact) mass is 272 g/mol. The first-order valence-corrected chi connectivity index (χ1v) is 5.41. The van der Waals surface area contributed by atoms with Gasteiger partial charge >= 0.3 is 4.84 Å². The average molecular weight is 273 g/mol. The van der Waals surface area contributed by atoms with Gasteiger partial charge in [0.2, 0.25) is 0 Å². The second-order valence-corrected chi connectivity index (χ2v) is 3.88. The number of rotatable bonds is 3. The molecule has 0 radical (unpaired) electrons. The summed E-state index contributed by atoms with van der Waals surface area (Å²) in [4.78, 5) is 4.12. The molecule has 1 heterocycles. The summed E-state index contributed by atoms with van der Waals surface area (Å²) in [5.74, 6) is 1.47. The molecule has 0 aliphatic carbocycles. The van der Waals surface area contributed by atoms with Crippen molar-refractivity contribution >= 4 is 23.8 Å². The molecule has 0 fully saturated rings. The van der Waals surface area contributed by atoms with Crippen molar-refractivity contribution < 1.29 is 14.0 Å². The van der Waals surface area contributed by atoms with Gasteiger partial charge in [-0.25, -0.2) is 5.16 Å². The SMILES string of the molecule is COc1cc(-c2nc(=S)o[nH]2)cc(Cl)c1OC. The molecule has 0 saturated carbocycles. The number of nitrogens with zero attached hydrogens (tertiary/aromatic N) is 1. The van der Waals surface area contributed by atoms with Crippen molar-refractivity contribution in [2.45, 2.75) is 0 Å². The Hall–Kier alpha value is -1.53. The predicted molar refractivity (Wildman–Crippen MR) is 65.2 cm³/mol. The zero-order chi connectivity index (χ0) is 12.4. The van der Waals surface area contributed by atoms with Gasteiger partial charge in [-0.3, -0.25) is 0 Å². The van der Waals surface area contributed by atoms with Gasteiger partial charge in [-0.05, 0) is 24.4 Å². The van der Waals surface area contributed by atoms with Crippen molar-refractivity contribution in [3.63, 3.8) is 0 Å². The molecule has 0 aliphatic heterocycles. The van der Waals surface area contributed by atoms with Crippen LogP contribution in [0.4, 0.5) is 0 Å². The van der Waals surface area contributed by atoms with Gasteiger partial charge in [-0.15, -0.1) is 0 Å². The summed E-state index contributed by atoms with van der Waals surface area (Å²) in [6, 6.07) is 3.42. The van der Waals surface area contributed by atoms with Crippen molar-refractivity contribution in [3.8, 4) is 22.9 Å². The molecule has 1 aromatic heterocycles. The Labute approximate surface area is 107 Å². The van der Waals surface area contributed by atoms with Crippen molar-refractivity contribution in [1.82, 2.24) is 10.1 Å². The second kappa shape index (κ2) is 4.77. The second-order valence-electron chi connectivity index (χ2n) is 3.12. The summed E-state index contributed by atoms with van der Waals surface area (Å²) < 4.78 is 15.2. The van der Waals surface area contributed by atoms with Crippen molar-refractivity contribution in [1.29, 1.82) is 0 Å². The summed E-state index contributed by atoms with van der Waals surface area (Å²) in [6.45, 7) is 0. The quantitative estimate of drug-likeness (QED) is 0.870. The van der Waals surface area contributed by atoms with E-state index in [1.165, 1.54) is 14.2 Å². The molecule has 1 aromatic carbocycles. The van der Waals surface area contributed by atoms with Gasteiger partial charge in [-0.1, -0.05) is 11.6 Å². The van der Waals surface area contributed by atoms with Crippen LogP contribution in [-0.4, -0.2) is 24.4 Å². The molecule has 0 saturated heterocycles. The predicted octanol–water partition coefficient (Wildman–Crippen LogP) is 3.07. The van der Waals surface area contributed by atoms with Crippen LogP contribution in [0, 0.1) is 4.84 Å². The number of aromatic nitrogens is 2.